The van der Waals surface area contributed by atoms with Gasteiger partial charge in [0.2, 0.25) is 0 Å². The zero-order valence-corrected chi connectivity index (χ0v) is 12.0. The number of nitrogens with zero attached hydrogens (tertiary/aromatic N) is 2. The Labute approximate surface area is 123 Å². The van der Waals surface area contributed by atoms with Crippen LogP contribution in [0.15, 0.2) is 42.7 Å². The number of rotatable bonds is 4. The van der Waals surface area contributed by atoms with Crippen molar-refractivity contribution in [3.63, 3.8) is 0 Å². The molecule has 3 rings (SSSR count). The van der Waals surface area contributed by atoms with Crippen LogP contribution in [0.4, 0.5) is 4.79 Å². The summed E-state index contributed by atoms with van der Waals surface area (Å²) in [6.45, 7) is 0.311. The first-order chi connectivity index (χ1) is 10.2. The largest absolute Gasteiger partial charge is 0.445 e. The minimum absolute atomic E-state index is 0.207. The summed E-state index contributed by atoms with van der Waals surface area (Å²) in [5.74, 6) is 0.498. The Morgan fingerprint density at radius 3 is 2.81 bits per heavy atom. The fourth-order valence-corrected chi connectivity index (χ4v) is 2.59. The van der Waals surface area contributed by atoms with Gasteiger partial charge in [0.25, 0.3) is 0 Å². The van der Waals surface area contributed by atoms with Gasteiger partial charge >= 0.3 is 6.09 Å². The Balaban J connectivity index is 1.39. The molecule has 5 heteroatoms. The van der Waals surface area contributed by atoms with Crippen LogP contribution in [0.1, 0.15) is 29.9 Å². The van der Waals surface area contributed by atoms with Crippen LogP contribution in [-0.2, 0) is 18.4 Å². The van der Waals surface area contributed by atoms with Crippen molar-refractivity contribution in [2.24, 2.45) is 7.05 Å². The molecule has 1 aliphatic rings. The maximum Gasteiger partial charge on any atom is 0.407 e. The number of aryl methyl sites for hydroxylation is 1. The van der Waals surface area contributed by atoms with Gasteiger partial charge in [-0.3, -0.25) is 4.68 Å². The number of aromatic nitrogens is 2. The molecule has 110 valence electrons. The summed E-state index contributed by atoms with van der Waals surface area (Å²) >= 11 is 0. The van der Waals surface area contributed by atoms with Crippen molar-refractivity contribution in [2.45, 2.75) is 31.4 Å². The third-order valence-corrected chi connectivity index (χ3v) is 3.87. The third-order valence-electron chi connectivity index (χ3n) is 3.87. The molecule has 21 heavy (non-hydrogen) atoms. The number of carbonyl (C=O) groups is 1. The molecular formula is C16H19N3O2. The molecule has 0 radical (unpaired) electrons. The number of amides is 1. The number of hydrogen-bond donors (Lipinski definition) is 1. The number of alkyl carbamates (subject to hydrolysis) is 1. The second-order valence-corrected chi connectivity index (χ2v) is 5.52. The molecule has 0 atom stereocenters. The molecule has 0 bridgehead atoms. The van der Waals surface area contributed by atoms with E-state index < -0.39 is 0 Å². The van der Waals surface area contributed by atoms with Crippen molar-refractivity contribution < 1.29 is 9.53 Å². The molecule has 5 nitrogen and oxygen atoms in total. The van der Waals surface area contributed by atoms with Crippen molar-refractivity contribution >= 4 is 6.09 Å². The van der Waals surface area contributed by atoms with E-state index in [1.807, 2.05) is 54.5 Å². The van der Waals surface area contributed by atoms with Crippen molar-refractivity contribution in [1.29, 1.82) is 0 Å². The molecule has 1 fully saturated rings. The smallest absolute Gasteiger partial charge is 0.407 e. The first kappa shape index (κ1) is 13.7. The van der Waals surface area contributed by atoms with Crippen LogP contribution < -0.4 is 5.32 Å². The zero-order chi connectivity index (χ0) is 14.7. The third kappa shape index (κ3) is 3.42. The lowest BCUT2D eigenvalue weighted by atomic mass is 9.77. The highest BCUT2D eigenvalue weighted by atomic mass is 16.5. The number of ether oxygens (including phenoxy) is 1. The molecular weight excluding hydrogens is 266 g/mol. The predicted molar refractivity (Wildman–Crippen MR) is 78.7 cm³/mol. The molecule has 1 amide bonds. The molecule has 1 aliphatic carbocycles. The molecule has 0 aliphatic heterocycles. The number of carbonyl (C=O) groups excluding carboxylic acids is 1. The first-order valence-electron chi connectivity index (χ1n) is 7.16. The normalized spacial score (nSPS) is 20.6. The minimum atomic E-state index is -0.339. The van der Waals surface area contributed by atoms with Crippen LogP contribution in [-0.4, -0.2) is 21.9 Å². The van der Waals surface area contributed by atoms with Gasteiger partial charge in [-0.1, -0.05) is 30.3 Å². The van der Waals surface area contributed by atoms with E-state index in [0.717, 1.165) is 18.4 Å². The van der Waals surface area contributed by atoms with Gasteiger partial charge in [-0.15, -0.1) is 0 Å². The topological polar surface area (TPSA) is 56.2 Å². The van der Waals surface area contributed by atoms with Crippen molar-refractivity contribution in [3.05, 3.63) is 53.9 Å². The van der Waals surface area contributed by atoms with E-state index in [4.69, 9.17) is 4.74 Å². The van der Waals surface area contributed by atoms with Crippen LogP contribution in [0.25, 0.3) is 0 Å². The summed E-state index contributed by atoms with van der Waals surface area (Å²) in [4.78, 5) is 11.7. The van der Waals surface area contributed by atoms with Crippen LogP contribution in [0.3, 0.4) is 0 Å². The Bertz CT molecular complexity index is 603. The van der Waals surface area contributed by atoms with Gasteiger partial charge < -0.3 is 10.1 Å². The molecule has 0 saturated heterocycles. The van der Waals surface area contributed by atoms with Gasteiger partial charge in [-0.05, 0) is 29.9 Å². The van der Waals surface area contributed by atoms with Crippen molar-refractivity contribution in [1.82, 2.24) is 15.1 Å². The Hall–Kier alpha value is -2.30. The van der Waals surface area contributed by atoms with E-state index in [0.29, 0.717) is 12.5 Å². The summed E-state index contributed by atoms with van der Waals surface area (Å²) < 4.78 is 7.02. The highest BCUT2D eigenvalue weighted by Gasteiger charge is 2.32. The van der Waals surface area contributed by atoms with E-state index in [1.165, 1.54) is 5.56 Å². The standard InChI is InChI=1S/C16H19N3O2/c1-19-10-14(9-17-19)13-7-15(8-13)18-16(20)21-11-12-5-3-2-4-6-12/h2-6,9-10,13,15H,7-8,11H2,1H3,(H,18,20). The summed E-state index contributed by atoms with van der Waals surface area (Å²) in [7, 11) is 1.92. The maximum absolute atomic E-state index is 11.7. The second-order valence-electron chi connectivity index (χ2n) is 5.52. The van der Waals surface area contributed by atoms with Crippen LogP contribution in [0.2, 0.25) is 0 Å². The van der Waals surface area contributed by atoms with Gasteiger partial charge in [0.1, 0.15) is 6.61 Å². The lowest BCUT2D eigenvalue weighted by Crippen LogP contribution is -2.43. The number of benzene rings is 1. The summed E-state index contributed by atoms with van der Waals surface area (Å²) in [5.41, 5.74) is 2.24. The molecule has 1 heterocycles. The van der Waals surface area contributed by atoms with Crippen molar-refractivity contribution in [3.8, 4) is 0 Å². The maximum atomic E-state index is 11.7. The van der Waals surface area contributed by atoms with E-state index in [1.54, 1.807) is 0 Å². The van der Waals surface area contributed by atoms with Gasteiger partial charge in [0, 0.05) is 19.3 Å². The van der Waals surface area contributed by atoms with Crippen LogP contribution in [0, 0.1) is 0 Å². The summed E-state index contributed by atoms with van der Waals surface area (Å²) in [6, 6.07) is 9.89. The lowest BCUT2D eigenvalue weighted by Gasteiger charge is -2.34. The molecule has 1 N–H and O–H groups in total. The van der Waals surface area contributed by atoms with E-state index in [2.05, 4.69) is 10.4 Å². The monoisotopic (exact) mass is 285 g/mol. The highest BCUT2D eigenvalue weighted by Crippen LogP contribution is 2.36. The molecule has 0 spiro atoms. The fourth-order valence-electron chi connectivity index (χ4n) is 2.59. The quantitative estimate of drug-likeness (QED) is 0.939. The Kier molecular flexibility index (Phi) is 3.90. The van der Waals surface area contributed by atoms with Gasteiger partial charge in [0.05, 0.1) is 6.20 Å². The van der Waals surface area contributed by atoms with E-state index >= 15 is 0 Å². The average molecular weight is 285 g/mol. The lowest BCUT2D eigenvalue weighted by molar-refractivity contribution is 0.127. The molecule has 1 aromatic carbocycles. The van der Waals surface area contributed by atoms with E-state index in [-0.39, 0.29) is 12.1 Å². The van der Waals surface area contributed by atoms with Gasteiger partial charge in [-0.25, -0.2) is 4.79 Å². The summed E-state index contributed by atoms with van der Waals surface area (Å²) in [6.07, 6.45) is 5.50. The SMILES string of the molecule is Cn1cc(C2CC(NC(=O)OCc3ccccc3)C2)cn1. The first-order valence-corrected chi connectivity index (χ1v) is 7.16. The van der Waals surface area contributed by atoms with Crippen LogP contribution in [0.5, 0.6) is 0 Å². The number of nitrogens with one attached hydrogen (secondary N) is 1. The summed E-state index contributed by atoms with van der Waals surface area (Å²) in [5, 5.41) is 7.08. The van der Waals surface area contributed by atoms with Crippen molar-refractivity contribution in [2.75, 3.05) is 0 Å². The number of hydrogen-bond acceptors (Lipinski definition) is 3. The Morgan fingerprint density at radius 2 is 2.14 bits per heavy atom. The molecule has 1 saturated carbocycles. The van der Waals surface area contributed by atoms with Gasteiger partial charge in [-0.2, -0.15) is 5.10 Å². The van der Waals surface area contributed by atoms with Gasteiger partial charge in [0.15, 0.2) is 0 Å². The average Bonchev–Trinajstić information content (AvgIpc) is 2.87. The second kappa shape index (κ2) is 5.99. The minimum Gasteiger partial charge on any atom is -0.445 e. The highest BCUT2D eigenvalue weighted by molar-refractivity contribution is 5.67. The van der Waals surface area contributed by atoms with E-state index in [9.17, 15) is 4.79 Å². The molecule has 1 aromatic heterocycles. The zero-order valence-electron chi connectivity index (χ0n) is 12.0. The fraction of sp³-hybridized carbons (Fsp3) is 0.375. The Morgan fingerprint density at radius 1 is 1.38 bits per heavy atom. The molecule has 0 unspecified atom stereocenters. The molecule has 2 aromatic rings. The van der Waals surface area contributed by atoms with Crippen LogP contribution >= 0.6 is 0 Å². The predicted octanol–water partition coefficient (Wildman–Crippen LogP) is 2.59.